The zero-order chi connectivity index (χ0) is 21.1. The Hall–Kier alpha value is -3.74. The van der Waals surface area contributed by atoms with Crippen LogP contribution in [0.3, 0.4) is 0 Å². The fourth-order valence-electron chi connectivity index (χ4n) is 3.19. The van der Waals surface area contributed by atoms with Crippen LogP contribution < -0.4 is 10.6 Å². The highest BCUT2D eigenvalue weighted by molar-refractivity contribution is 5.97. The summed E-state index contributed by atoms with van der Waals surface area (Å²) >= 11 is 0. The first-order valence-electron chi connectivity index (χ1n) is 9.19. The van der Waals surface area contributed by atoms with Crippen LogP contribution in [0.2, 0.25) is 0 Å². The predicted octanol–water partition coefficient (Wildman–Crippen LogP) is 5.08. The second kappa shape index (κ2) is 7.94. The largest absolute Gasteiger partial charge is 0.449 e. The standard InChI is InChI=1S/C23H17F3N2O2/c24-23(25,26)18-14-8-7-13-17(18)20(29)28-22-19(15-9-3-1-4-10-15)27-21(30-22)16-11-5-2-6-12-16/h1-14,21,27H,(H,28,29). The molecule has 1 aliphatic heterocycles. The van der Waals surface area contributed by atoms with Crippen molar-refractivity contribution in [1.29, 1.82) is 0 Å². The van der Waals surface area contributed by atoms with Gasteiger partial charge in [0.2, 0.25) is 5.88 Å². The lowest BCUT2D eigenvalue weighted by Gasteiger charge is -2.15. The van der Waals surface area contributed by atoms with E-state index in [1.165, 1.54) is 12.1 Å². The van der Waals surface area contributed by atoms with Crippen LogP contribution in [0.4, 0.5) is 13.2 Å². The molecule has 1 unspecified atom stereocenters. The average Bonchev–Trinajstić information content (AvgIpc) is 3.18. The Morgan fingerprint density at radius 1 is 0.867 bits per heavy atom. The monoisotopic (exact) mass is 410 g/mol. The highest BCUT2D eigenvalue weighted by Crippen LogP contribution is 2.33. The van der Waals surface area contributed by atoms with Crippen molar-refractivity contribution >= 4 is 11.6 Å². The average molecular weight is 410 g/mol. The SMILES string of the molecule is O=C(NC1=C(c2ccccc2)NC(c2ccccc2)O1)c1ccccc1C(F)(F)F. The van der Waals surface area contributed by atoms with Crippen LogP contribution in [-0.4, -0.2) is 5.91 Å². The van der Waals surface area contributed by atoms with Gasteiger partial charge in [-0.1, -0.05) is 72.8 Å². The van der Waals surface area contributed by atoms with Crippen molar-refractivity contribution in [2.75, 3.05) is 0 Å². The normalized spacial score (nSPS) is 16.0. The minimum Gasteiger partial charge on any atom is -0.449 e. The lowest BCUT2D eigenvalue weighted by molar-refractivity contribution is -0.137. The van der Waals surface area contributed by atoms with Gasteiger partial charge in [0, 0.05) is 11.1 Å². The summed E-state index contributed by atoms with van der Waals surface area (Å²) in [6.45, 7) is 0. The molecule has 3 aromatic rings. The molecule has 152 valence electrons. The maximum Gasteiger partial charge on any atom is 0.417 e. The first-order chi connectivity index (χ1) is 14.4. The molecular formula is C23H17F3N2O2. The van der Waals surface area contributed by atoms with Crippen molar-refractivity contribution in [1.82, 2.24) is 10.6 Å². The molecule has 30 heavy (non-hydrogen) atoms. The topological polar surface area (TPSA) is 50.4 Å². The van der Waals surface area contributed by atoms with Crippen molar-refractivity contribution in [3.63, 3.8) is 0 Å². The smallest absolute Gasteiger partial charge is 0.417 e. The summed E-state index contributed by atoms with van der Waals surface area (Å²) in [6.07, 6.45) is -5.24. The molecule has 0 saturated carbocycles. The van der Waals surface area contributed by atoms with Gasteiger partial charge in [-0.05, 0) is 12.1 Å². The first kappa shape index (κ1) is 19.6. The predicted molar refractivity (Wildman–Crippen MR) is 106 cm³/mol. The number of alkyl halides is 3. The Morgan fingerprint density at radius 3 is 2.13 bits per heavy atom. The van der Waals surface area contributed by atoms with Crippen molar-refractivity contribution in [3.05, 3.63) is 113 Å². The quantitative estimate of drug-likeness (QED) is 0.631. The second-order valence-corrected chi connectivity index (χ2v) is 6.62. The Balaban J connectivity index is 1.67. The van der Waals surface area contributed by atoms with Gasteiger partial charge in [-0.3, -0.25) is 10.1 Å². The minimum absolute atomic E-state index is 0.0667. The van der Waals surface area contributed by atoms with Crippen molar-refractivity contribution < 1.29 is 22.7 Å². The third-order valence-electron chi connectivity index (χ3n) is 4.61. The molecule has 1 aliphatic rings. The van der Waals surface area contributed by atoms with Crippen LogP contribution in [-0.2, 0) is 10.9 Å². The van der Waals surface area contributed by atoms with E-state index in [0.29, 0.717) is 5.70 Å². The molecule has 7 heteroatoms. The van der Waals surface area contributed by atoms with E-state index >= 15 is 0 Å². The number of nitrogens with one attached hydrogen (secondary N) is 2. The number of halogens is 3. The van der Waals surface area contributed by atoms with Gasteiger partial charge < -0.3 is 10.1 Å². The number of amides is 1. The molecule has 2 N–H and O–H groups in total. The Kier molecular flexibility index (Phi) is 5.18. The van der Waals surface area contributed by atoms with E-state index in [1.54, 1.807) is 0 Å². The molecule has 0 saturated heterocycles. The summed E-state index contributed by atoms with van der Waals surface area (Å²) < 4.78 is 45.8. The molecule has 0 radical (unpaired) electrons. The highest BCUT2D eigenvalue weighted by Gasteiger charge is 2.36. The molecule has 4 nitrogen and oxygen atoms in total. The van der Waals surface area contributed by atoms with E-state index in [4.69, 9.17) is 4.74 Å². The maximum atomic E-state index is 13.3. The zero-order valence-corrected chi connectivity index (χ0v) is 15.6. The van der Waals surface area contributed by atoms with Gasteiger partial charge >= 0.3 is 6.18 Å². The van der Waals surface area contributed by atoms with Gasteiger partial charge in [-0.2, -0.15) is 13.2 Å². The van der Waals surface area contributed by atoms with E-state index in [1.807, 2.05) is 60.7 Å². The van der Waals surface area contributed by atoms with E-state index in [0.717, 1.165) is 23.3 Å². The van der Waals surface area contributed by atoms with E-state index in [-0.39, 0.29) is 5.88 Å². The number of rotatable bonds is 4. The van der Waals surface area contributed by atoms with Crippen LogP contribution in [0.15, 0.2) is 90.8 Å². The lowest BCUT2D eigenvalue weighted by Crippen LogP contribution is -2.26. The highest BCUT2D eigenvalue weighted by atomic mass is 19.4. The van der Waals surface area contributed by atoms with Crippen LogP contribution in [0, 0.1) is 0 Å². The molecule has 0 aromatic heterocycles. The first-order valence-corrected chi connectivity index (χ1v) is 9.19. The van der Waals surface area contributed by atoms with Crippen LogP contribution >= 0.6 is 0 Å². The second-order valence-electron chi connectivity index (χ2n) is 6.62. The summed E-state index contributed by atoms with van der Waals surface area (Å²) in [5.74, 6) is -0.834. The van der Waals surface area contributed by atoms with Gasteiger partial charge in [0.05, 0.1) is 11.1 Å². The lowest BCUT2D eigenvalue weighted by atomic mass is 10.1. The molecule has 1 amide bonds. The van der Waals surface area contributed by atoms with Crippen molar-refractivity contribution in [3.8, 4) is 0 Å². The van der Waals surface area contributed by atoms with Crippen LogP contribution in [0.5, 0.6) is 0 Å². The number of carbonyl (C=O) groups is 1. The number of ether oxygens (including phenoxy) is 1. The van der Waals surface area contributed by atoms with Crippen LogP contribution in [0.1, 0.15) is 33.3 Å². The molecule has 1 heterocycles. The molecule has 3 aromatic carbocycles. The van der Waals surface area contributed by atoms with Gasteiger partial charge in [0.1, 0.15) is 5.70 Å². The summed E-state index contributed by atoms with van der Waals surface area (Å²) in [7, 11) is 0. The number of carbonyl (C=O) groups excluding carboxylic acids is 1. The van der Waals surface area contributed by atoms with Crippen molar-refractivity contribution in [2.45, 2.75) is 12.4 Å². The van der Waals surface area contributed by atoms with E-state index in [2.05, 4.69) is 10.6 Å². The van der Waals surface area contributed by atoms with Gasteiger partial charge in [0.25, 0.3) is 5.91 Å². The van der Waals surface area contributed by atoms with Gasteiger partial charge in [0.15, 0.2) is 6.23 Å². The fourth-order valence-corrected chi connectivity index (χ4v) is 3.19. The molecule has 0 spiro atoms. The van der Waals surface area contributed by atoms with Crippen LogP contribution in [0.25, 0.3) is 5.70 Å². The maximum absolute atomic E-state index is 13.3. The summed E-state index contributed by atoms with van der Waals surface area (Å²) in [5.41, 5.74) is 0.551. The Morgan fingerprint density at radius 2 is 1.47 bits per heavy atom. The van der Waals surface area contributed by atoms with E-state index < -0.39 is 29.4 Å². The molecule has 4 rings (SSSR count). The third-order valence-corrected chi connectivity index (χ3v) is 4.61. The molecular weight excluding hydrogens is 393 g/mol. The Bertz CT molecular complexity index is 1080. The Labute approximate surface area is 171 Å². The van der Waals surface area contributed by atoms with Gasteiger partial charge in [-0.25, -0.2) is 0 Å². The number of hydrogen-bond donors (Lipinski definition) is 2. The third kappa shape index (κ3) is 4.00. The van der Waals surface area contributed by atoms with Crippen molar-refractivity contribution in [2.24, 2.45) is 0 Å². The number of hydrogen-bond acceptors (Lipinski definition) is 3. The summed E-state index contributed by atoms with van der Waals surface area (Å²) in [4.78, 5) is 12.7. The number of benzene rings is 3. The molecule has 0 aliphatic carbocycles. The molecule has 1 atom stereocenters. The van der Waals surface area contributed by atoms with E-state index in [9.17, 15) is 18.0 Å². The molecule has 0 bridgehead atoms. The summed E-state index contributed by atoms with van der Waals surface area (Å²) in [5, 5.41) is 5.71. The fraction of sp³-hybridized carbons (Fsp3) is 0.0870. The summed E-state index contributed by atoms with van der Waals surface area (Å²) in [6, 6.07) is 23.0. The zero-order valence-electron chi connectivity index (χ0n) is 15.6. The minimum atomic E-state index is -4.65. The molecule has 0 fully saturated rings. The van der Waals surface area contributed by atoms with Gasteiger partial charge in [-0.15, -0.1) is 0 Å².